The molecule has 0 aromatic rings. The summed E-state index contributed by atoms with van der Waals surface area (Å²) in [6.45, 7) is 4.09. The zero-order valence-corrected chi connectivity index (χ0v) is 47.8. The van der Waals surface area contributed by atoms with Gasteiger partial charge in [0.2, 0.25) is 0 Å². The topological polar surface area (TPSA) is 155 Å². The summed E-state index contributed by atoms with van der Waals surface area (Å²) in [7, 11) is -4.80. The zero-order valence-electron chi connectivity index (χ0n) is 46.9. The summed E-state index contributed by atoms with van der Waals surface area (Å²) >= 11 is 0. The number of esters is 3. The van der Waals surface area contributed by atoms with E-state index in [-0.39, 0.29) is 25.9 Å². The number of aliphatic hydroxyl groups is 1. The Bertz CT molecular complexity index is 1880. The first-order valence-electron chi connectivity index (χ1n) is 28.4. The second-order valence-electron chi connectivity index (χ2n) is 18.0. The Morgan fingerprint density at radius 3 is 1.04 bits per heavy atom. The molecule has 0 aliphatic rings. The van der Waals surface area contributed by atoms with Crippen LogP contribution in [0.1, 0.15) is 188 Å². The Labute approximate surface area is 460 Å². The first-order chi connectivity index (χ1) is 37.2. The fraction of sp³-hybridized carbons (Fsp3) is 0.547. The number of hydrogen-bond donors (Lipinski definition) is 2. The maximum Gasteiger partial charge on any atom is 0.472 e. The Morgan fingerprint density at radius 2 is 0.671 bits per heavy atom. The van der Waals surface area contributed by atoms with Gasteiger partial charge in [0.1, 0.15) is 12.7 Å². The van der Waals surface area contributed by atoms with Crippen molar-refractivity contribution in [3.05, 3.63) is 158 Å². The fourth-order valence-corrected chi connectivity index (χ4v) is 7.55. The Morgan fingerprint density at radius 1 is 0.368 bits per heavy atom. The standard InChI is InChI=1S/C64H99O11P/c1-4-7-10-13-16-19-22-25-27-29-30-32-34-37-40-43-46-49-52-55-64(68)75-61(57-71-62(66)53-50-47-44-41-38-36-33-31-28-26-23-20-17-14-11-8-5-2)59-73-76(69,70)72-58-60(56-65)74-63(67)54-51-48-45-42-39-35-24-21-18-15-12-9-6-3/h7-12,16-21,25-28,30,32,35,37,39-40,45-46,48-49,60-61,65H,4-6,13-15,22-24,29,31,33-34,36,38,41-44,47,50-59H2,1-3H3,(H,69,70)/b10-7-,11-8-,12-9-,19-16-,20-17-,21-18-,27-25-,28-26-,32-30-,39-35-,40-37-,48-45-,49-46-. The molecule has 0 aliphatic carbocycles. The van der Waals surface area contributed by atoms with E-state index in [0.717, 1.165) is 116 Å². The van der Waals surface area contributed by atoms with Crippen molar-refractivity contribution in [1.29, 1.82) is 0 Å². The third-order valence-electron chi connectivity index (χ3n) is 11.0. The molecular formula is C64H99O11P. The van der Waals surface area contributed by atoms with E-state index in [1.807, 2.05) is 30.4 Å². The van der Waals surface area contributed by atoms with Crippen molar-refractivity contribution < 1.29 is 52.2 Å². The number of carbonyl (C=O) groups is 3. The number of allylic oxidation sites excluding steroid dienone is 26. The van der Waals surface area contributed by atoms with E-state index in [4.69, 9.17) is 23.3 Å². The molecule has 3 unspecified atom stereocenters. The number of unbranched alkanes of at least 4 members (excludes halogenated alkanes) is 7. The lowest BCUT2D eigenvalue weighted by atomic mass is 10.1. The lowest BCUT2D eigenvalue weighted by molar-refractivity contribution is -0.161. The number of carbonyl (C=O) groups excluding carboxylic acids is 3. The van der Waals surface area contributed by atoms with E-state index >= 15 is 0 Å². The molecule has 0 radical (unpaired) electrons. The second kappa shape index (κ2) is 56.3. The van der Waals surface area contributed by atoms with Gasteiger partial charge in [-0.25, -0.2) is 4.57 Å². The summed E-state index contributed by atoms with van der Waals surface area (Å²) in [6, 6.07) is 0. The maximum absolute atomic E-state index is 12.9. The van der Waals surface area contributed by atoms with Crippen LogP contribution in [0.3, 0.4) is 0 Å². The molecule has 0 aliphatic heterocycles. The van der Waals surface area contributed by atoms with Gasteiger partial charge in [-0.1, -0.05) is 211 Å². The van der Waals surface area contributed by atoms with Crippen LogP contribution in [0.4, 0.5) is 0 Å². The first-order valence-corrected chi connectivity index (χ1v) is 29.9. The van der Waals surface area contributed by atoms with Gasteiger partial charge in [0.05, 0.1) is 19.8 Å². The molecule has 0 amide bonds. The smallest absolute Gasteiger partial charge is 0.462 e. The average molecular weight is 1080 g/mol. The summed E-state index contributed by atoms with van der Waals surface area (Å²) in [5.74, 6) is -1.69. The van der Waals surface area contributed by atoms with Crippen LogP contribution in [0.25, 0.3) is 0 Å². The van der Waals surface area contributed by atoms with Crippen molar-refractivity contribution in [2.45, 2.75) is 200 Å². The first kappa shape index (κ1) is 71.1. The Kier molecular flexibility index (Phi) is 52.7. The lowest BCUT2D eigenvalue weighted by Gasteiger charge is -2.21. The molecule has 11 nitrogen and oxygen atoms in total. The molecule has 426 valence electrons. The molecule has 76 heavy (non-hydrogen) atoms. The van der Waals surface area contributed by atoms with Crippen molar-refractivity contribution in [1.82, 2.24) is 0 Å². The minimum absolute atomic E-state index is 0.0253. The normalized spacial score (nSPS) is 14.5. The summed E-state index contributed by atoms with van der Waals surface area (Å²) in [5.41, 5.74) is 0. The highest BCUT2D eigenvalue weighted by Crippen LogP contribution is 2.43. The molecule has 12 heteroatoms. The van der Waals surface area contributed by atoms with Gasteiger partial charge in [0, 0.05) is 19.3 Å². The number of ether oxygens (including phenoxy) is 3. The number of phosphoric ester groups is 1. The van der Waals surface area contributed by atoms with Gasteiger partial charge in [-0.05, 0) is 116 Å². The van der Waals surface area contributed by atoms with Crippen LogP contribution >= 0.6 is 7.82 Å². The Hall–Kier alpha value is -4.90. The number of hydrogen-bond acceptors (Lipinski definition) is 10. The van der Waals surface area contributed by atoms with Gasteiger partial charge in [0.25, 0.3) is 0 Å². The van der Waals surface area contributed by atoms with Crippen LogP contribution < -0.4 is 0 Å². The average Bonchev–Trinajstić information content (AvgIpc) is 3.41. The van der Waals surface area contributed by atoms with Crippen LogP contribution in [-0.4, -0.2) is 66.5 Å². The third kappa shape index (κ3) is 53.9. The predicted octanol–water partition coefficient (Wildman–Crippen LogP) is 16.9. The van der Waals surface area contributed by atoms with Gasteiger partial charge >= 0.3 is 25.7 Å². The molecule has 0 heterocycles. The molecule has 3 atom stereocenters. The van der Waals surface area contributed by atoms with Crippen LogP contribution in [0.15, 0.2) is 158 Å². The van der Waals surface area contributed by atoms with Gasteiger partial charge in [-0.15, -0.1) is 0 Å². The lowest BCUT2D eigenvalue weighted by Crippen LogP contribution is -2.30. The van der Waals surface area contributed by atoms with Crippen LogP contribution in [-0.2, 0) is 42.2 Å². The predicted molar refractivity (Wildman–Crippen MR) is 315 cm³/mol. The molecule has 0 spiro atoms. The summed E-state index contributed by atoms with van der Waals surface area (Å²) < 4.78 is 39.3. The highest BCUT2D eigenvalue weighted by Gasteiger charge is 2.28. The van der Waals surface area contributed by atoms with E-state index in [0.29, 0.717) is 25.7 Å². The molecular weight excluding hydrogens is 976 g/mol. The SMILES string of the molecule is CC/C=C\C/C=C\C/C=C\C/C=C\C/C=C\C/C=C\CCC(=O)OC(COC(=O)CCCCCCCCC/C=C\C/C=C\C/C=C\CC)COP(=O)(O)OCC(CO)OC(=O)CC/C=C\C/C=C\C/C=C\C/C=C\CC. The summed E-state index contributed by atoms with van der Waals surface area (Å²) in [4.78, 5) is 48.5. The van der Waals surface area contributed by atoms with Crippen molar-refractivity contribution in [3.8, 4) is 0 Å². The molecule has 0 aromatic carbocycles. The van der Waals surface area contributed by atoms with Gasteiger partial charge in [0.15, 0.2) is 6.10 Å². The van der Waals surface area contributed by atoms with Gasteiger partial charge in [-0.2, -0.15) is 0 Å². The minimum atomic E-state index is -4.80. The highest BCUT2D eigenvalue weighted by molar-refractivity contribution is 7.47. The summed E-state index contributed by atoms with van der Waals surface area (Å²) in [5, 5.41) is 9.79. The van der Waals surface area contributed by atoms with Crippen LogP contribution in [0.5, 0.6) is 0 Å². The van der Waals surface area contributed by atoms with E-state index in [2.05, 4.69) is 148 Å². The van der Waals surface area contributed by atoms with Gasteiger partial charge < -0.3 is 24.2 Å². The molecule has 0 rings (SSSR count). The minimum Gasteiger partial charge on any atom is -0.462 e. The second-order valence-corrected chi connectivity index (χ2v) is 19.4. The molecule has 2 N–H and O–H groups in total. The molecule has 0 bridgehead atoms. The molecule has 0 fully saturated rings. The van der Waals surface area contributed by atoms with Crippen molar-refractivity contribution >= 4 is 25.7 Å². The number of rotatable bonds is 50. The largest absolute Gasteiger partial charge is 0.472 e. The van der Waals surface area contributed by atoms with E-state index in [1.54, 1.807) is 0 Å². The van der Waals surface area contributed by atoms with Gasteiger partial charge in [-0.3, -0.25) is 23.4 Å². The van der Waals surface area contributed by atoms with E-state index in [9.17, 15) is 28.9 Å². The van der Waals surface area contributed by atoms with Crippen LogP contribution in [0, 0.1) is 0 Å². The van der Waals surface area contributed by atoms with E-state index < -0.39 is 57.8 Å². The molecule has 0 saturated carbocycles. The molecule has 0 saturated heterocycles. The quantitative estimate of drug-likeness (QED) is 0.0197. The van der Waals surface area contributed by atoms with Crippen molar-refractivity contribution in [3.63, 3.8) is 0 Å². The van der Waals surface area contributed by atoms with Crippen LogP contribution in [0.2, 0.25) is 0 Å². The fourth-order valence-electron chi connectivity index (χ4n) is 6.76. The maximum atomic E-state index is 12.9. The number of phosphoric acid groups is 1. The molecule has 0 aromatic heterocycles. The van der Waals surface area contributed by atoms with E-state index in [1.165, 1.54) is 6.42 Å². The summed E-state index contributed by atoms with van der Waals surface area (Å²) in [6.07, 6.45) is 73.8. The Balaban J connectivity index is 4.95. The van der Waals surface area contributed by atoms with Crippen molar-refractivity contribution in [2.24, 2.45) is 0 Å². The zero-order chi connectivity index (χ0) is 55.5. The monoisotopic (exact) mass is 1070 g/mol. The van der Waals surface area contributed by atoms with Crippen molar-refractivity contribution in [2.75, 3.05) is 26.4 Å². The number of aliphatic hydroxyl groups excluding tert-OH is 1. The highest BCUT2D eigenvalue weighted by atomic mass is 31.2. The third-order valence-corrected chi connectivity index (χ3v) is 11.9.